The predicted molar refractivity (Wildman–Crippen MR) is 56.5 cm³/mol. The molecule has 3 heteroatoms. The zero-order valence-corrected chi connectivity index (χ0v) is 8.87. The summed E-state index contributed by atoms with van der Waals surface area (Å²) >= 11 is 0. The third-order valence-corrected chi connectivity index (χ3v) is 2.25. The third-order valence-electron chi connectivity index (χ3n) is 2.25. The van der Waals surface area contributed by atoms with Crippen LogP contribution in [0.15, 0.2) is 12.1 Å². The molecule has 0 spiro atoms. The molecule has 1 aromatic carbocycles. The average molecular weight is 195 g/mol. The molecule has 0 aromatic heterocycles. The quantitative estimate of drug-likeness (QED) is 0.764. The Morgan fingerprint density at radius 3 is 2.57 bits per heavy atom. The molecule has 1 atom stereocenters. The van der Waals surface area contributed by atoms with Crippen LogP contribution >= 0.6 is 0 Å². The van der Waals surface area contributed by atoms with E-state index in [0.717, 1.165) is 22.4 Å². The first-order chi connectivity index (χ1) is 6.60. The summed E-state index contributed by atoms with van der Waals surface area (Å²) in [6, 6.07) is 3.61. The van der Waals surface area contributed by atoms with Crippen molar-refractivity contribution in [2.45, 2.75) is 19.9 Å². The maximum atomic E-state index is 9.01. The highest BCUT2D eigenvalue weighted by Gasteiger charge is 2.13. The second-order valence-electron chi connectivity index (χ2n) is 3.49. The zero-order chi connectivity index (χ0) is 10.7. The van der Waals surface area contributed by atoms with Gasteiger partial charge in [-0.3, -0.25) is 0 Å². The van der Waals surface area contributed by atoms with Gasteiger partial charge in [0, 0.05) is 5.56 Å². The summed E-state index contributed by atoms with van der Waals surface area (Å²) in [5, 5.41) is 9.01. The molecule has 78 valence electrons. The zero-order valence-electron chi connectivity index (χ0n) is 8.87. The lowest BCUT2D eigenvalue weighted by molar-refractivity contribution is 0.264. The van der Waals surface area contributed by atoms with E-state index in [9.17, 15) is 0 Å². The first-order valence-electron chi connectivity index (χ1n) is 4.61. The van der Waals surface area contributed by atoms with Crippen molar-refractivity contribution in [1.82, 2.24) is 0 Å². The van der Waals surface area contributed by atoms with Crippen molar-refractivity contribution in [1.29, 1.82) is 0 Å². The van der Waals surface area contributed by atoms with Crippen molar-refractivity contribution < 1.29 is 9.84 Å². The minimum absolute atomic E-state index is 0.0702. The summed E-state index contributed by atoms with van der Waals surface area (Å²) in [5.41, 5.74) is 8.82. The summed E-state index contributed by atoms with van der Waals surface area (Å²) < 4.78 is 5.26. The molecule has 3 nitrogen and oxygen atoms in total. The average Bonchev–Trinajstić information content (AvgIpc) is 2.15. The Balaban J connectivity index is 3.24. The molecule has 0 bridgehead atoms. The lowest BCUT2D eigenvalue weighted by atomic mass is 10.0. The van der Waals surface area contributed by atoms with Crippen molar-refractivity contribution in [3.05, 3.63) is 28.8 Å². The van der Waals surface area contributed by atoms with Gasteiger partial charge in [0.15, 0.2) is 0 Å². The fourth-order valence-electron chi connectivity index (χ4n) is 1.64. The van der Waals surface area contributed by atoms with Gasteiger partial charge in [-0.1, -0.05) is 17.7 Å². The number of methoxy groups -OCH3 is 1. The summed E-state index contributed by atoms with van der Waals surface area (Å²) in [6.45, 7) is 3.90. The number of hydrogen-bond donors (Lipinski definition) is 2. The van der Waals surface area contributed by atoms with Crippen molar-refractivity contribution in [3.63, 3.8) is 0 Å². The lowest BCUT2D eigenvalue weighted by Crippen LogP contribution is -2.16. The van der Waals surface area contributed by atoms with Crippen LogP contribution in [0.2, 0.25) is 0 Å². The van der Waals surface area contributed by atoms with E-state index >= 15 is 0 Å². The summed E-state index contributed by atoms with van der Waals surface area (Å²) in [5.74, 6) is 0.775. The molecule has 14 heavy (non-hydrogen) atoms. The van der Waals surface area contributed by atoms with Gasteiger partial charge >= 0.3 is 0 Å². The van der Waals surface area contributed by atoms with E-state index in [0.29, 0.717) is 0 Å². The van der Waals surface area contributed by atoms with Crippen LogP contribution in [0.3, 0.4) is 0 Å². The first kappa shape index (κ1) is 11.0. The second-order valence-corrected chi connectivity index (χ2v) is 3.49. The Morgan fingerprint density at radius 1 is 1.43 bits per heavy atom. The molecule has 3 N–H and O–H groups in total. The molecule has 0 unspecified atom stereocenters. The molecule has 0 aliphatic rings. The summed E-state index contributed by atoms with van der Waals surface area (Å²) in [7, 11) is 1.62. The van der Waals surface area contributed by atoms with Crippen LogP contribution in [-0.4, -0.2) is 18.8 Å². The van der Waals surface area contributed by atoms with E-state index in [1.54, 1.807) is 7.11 Å². The molecule has 0 saturated heterocycles. The highest BCUT2D eigenvalue weighted by atomic mass is 16.5. The van der Waals surface area contributed by atoms with Crippen LogP contribution in [0.1, 0.15) is 22.7 Å². The Morgan fingerprint density at radius 2 is 2.07 bits per heavy atom. The SMILES string of the molecule is COc1c(C)cc(C)cc1[C@H](N)CO. The minimum Gasteiger partial charge on any atom is -0.496 e. The molecule has 0 aliphatic heterocycles. The molecule has 0 radical (unpaired) electrons. The van der Waals surface area contributed by atoms with Crippen LogP contribution in [0.25, 0.3) is 0 Å². The number of hydrogen-bond acceptors (Lipinski definition) is 3. The largest absolute Gasteiger partial charge is 0.496 e. The van der Waals surface area contributed by atoms with Crippen LogP contribution in [0.5, 0.6) is 5.75 Å². The van der Waals surface area contributed by atoms with Crippen LogP contribution in [0, 0.1) is 13.8 Å². The standard InChI is InChI=1S/C11H17NO2/c1-7-4-8(2)11(14-3)9(5-7)10(12)6-13/h4-5,10,13H,6,12H2,1-3H3/t10-/m1/s1. The van der Waals surface area contributed by atoms with Crippen LogP contribution in [0.4, 0.5) is 0 Å². The fraction of sp³-hybridized carbons (Fsp3) is 0.455. The molecule has 0 aliphatic carbocycles. The van der Waals surface area contributed by atoms with Gasteiger partial charge in [-0.05, 0) is 19.4 Å². The highest BCUT2D eigenvalue weighted by molar-refractivity contribution is 5.45. The predicted octanol–water partition coefficient (Wildman–Crippen LogP) is 1.30. The third kappa shape index (κ3) is 2.05. The molecular weight excluding hydrogens is 178 g/mol. The Kier molecular flexibility index (Phi) is 3.49. The van der Waals surface area contributed by atoms with Gasteiger partial charge in [0.2, 0.25) is 0 Å². The number of rotatable bonds is 3. The summed E-state index contributed by atoms with van der Waals surface area (Å²) in [4.78, 5) is 0. The van der Waals surface area contributed by atoms with Gasteiger partial charge < -0.3 is 15.6 Å². The molecule has 1 aromatic rings. The topological polar surface area (TPSA) is 55.5 Å². The monoisotopic (exact) mass is 195 g/mol. The van der Waals surface area contributed by atoms with E-state index in [4.69, 9.17) is 15.6 Å². The van der Waals surface area contributed by atoms with Gasteiger partial charge in [-0.15, -0.1) is 0 Å². The number of nitrogens with two attached hydrogens (primary N) is 1. The Bertz CT molecular complexity index is 323. The molecule has 0 saturated carbocycles. The van der Waals surface area contributed by atoms with Crippen molar-refractivity contribution in [2.75, 3.05) is 13.7 Å². The molecule has 0 fully saturated rings. The number of aliphatic hydroxyl groups is 1. The molecular formula is C11H17NO2. The second kappa shape index (κ2) is 4.44. The molecule has 0 heterocycles. The van der Waals surface area contributed by atoms with Gasteiger partial charge in [0.25, 0.3) is 0 Å². The van der Waals surface area contributed by atoms with Crippen molar-refractivity contribution in [2.24, 2.45) is 5.73 Å². The lowest BCUT2D eigenvalue weighted by Gasteiger charge is -2.16. The van der Waals surface area contributed by atoms with E-state index in [2.05, 4.69) is 0 Å². The van der Waals surface area contributed by atoms with E-state index < -0.39 is 0 Å². The van der Waals surface area contributed by atoms with Gasteiger partial charge in [-0.25, -0.2) is 0 Å². The van der Waals surface area contributed by atoms with Gasteiger partial charge in [0.05, 0.1) is 19.8 Å². The fourth-order valence-corrected chi connectivity index (χ4v) is 1.64. The van der Waals surface area contributed by atoms with Gasteiger partial charge in [0.1, 0.15) is 5.75 Å². The van der Waals surface area contributed by atoms with Crippen molar-refractivity contribution in [3.8, 4) is 5.75 Å². The Labute approximate surface area is 84.5 Å². The Hall–Kier alpha value is -1.06. The molecule has 1 rings (SSSR count). The number of ether oxygens (including phenoxy) is 1. The number of benzene rings is 1. The van der Waals surface area contributed by atoms with E-state index in [-0.39, 0.29) is 12.6 Å². The van der Waals surface area contributed by atoms with Crippen LogP contribution < -0.4 is 10.5 Å². The van der Waals surface area contributed by atoms with Crippen molar-refractivity contribution >= 4 is 0 Å². The van der Waals surface area contributed by atoms with E-state index in [1.807, 2.05) is 26.0 Å². The smallest absolute Gasteiger partial charge is 0.126 e. The number of aliphatic hydroxyl groups excluding tert-OH is 1. The number of aryl methyl sites for hydroxylation is 2. The van der Waals surface area contributed by atoms with Gasteiger partial charge in [-0.2, -0.15) is 0 Å². The minimum atomic E-state index is -0.372. The highest BCUT2D eigenvalue weighted by Crippen LogP contribution is 2.28. The maximum absolute atomic E-state index is 9.01. The molecule has 0 amide bonds. The normalized spacial score (nSPS) is 12.6. The first-order valence-corrected chi connectivity index (χ1v) is 4.61. The van der Waals surface area contributed by atoms with E-state index in [1.165, 1.54) is 0 Å². The summed E-state index contributed by atoms with van der Waals surface area (Å²) in [6.07, 6.45) is 0. The maximum Gasteiger partial charge on any atom is 0.126 e. The van der Waals surface area contributed by atoms with Crippen LogP contribution in [-0.2, 0) is 0 Å².